The molecule has 0 aromatic heterocycles. The van der Waals surface area contributed by atoms with E-state index in [1.54, 1.807) is 0 Å². The van der Waals surface area contributed by atoms with Crippen LogP contribution < -0.4 is 0 Å². The van der Waals surface area contributed by atoms with E-state index in [0.29, 0.717) is 0 Å². The third-order valence-corrected chi connectivity index (χ3v) is 1.24. The van der Waals surface area contributed by atoms with Crippen molar-refractivity contribution in [3.8, 4) is 0 Å². The summed E-state index contributed by atoms with van der Waals surface area (Å²) in [6.07, 6.45) is 1.82. The van der Waals surface area contributed by atoms with Gasteiger partial charge in [-0.1, -0.05) is 5.11 Å². The normalized spacial score (nSPS) is 15.6. The molecule has 5 heteroatoms. The summed E-state index contributed by atoms with van der Waals surface area (Å²) >= 11 is 0. The van der Waals surface area contributed by atoms with Crippen molar-refractivity contribution in [2.24, 2.45) is 11.0 Å². The fourth-order valence-corrected chi connectivity index (χ4v) is 0.555. The summed E-state index contributed by atoms with van der Waals surface area (Å²) in [6.45, 7) is -0.175. The third kappa shape index (κ3) is 1.95. The molecule has 0 heterocycles. The molecule has 1 saturated carbocycles. The minimum atomic E-state index is -0.243. The molecule has 0 bridgehead atoms. The van der Waals surface area contributed by atoms with Crippen molar-refractivity contribution < 1.29 is 9.53 Å². The zero-order valence-corrected chi connectivity index (χ0v) is 5.36. The SMILES string of the molecule is [N-]=[N+]=NCOC(=O)C1CC1. The lowest BCUT2D eigenvalue weighted by atomic mass is 10.4. The van der Waals surface area contributed by atoms with E-state index in [4.69, 9.17) is 5.53 Å². The maximum Gasteiger partial charge on any atom is 0.309 e. The van der Waals surface area contributed by atoms with Crippen molar-refractivity contribution in [1.29, 1.82) is 0 Å². The number of ether oxygens (including phenoxy) is 1. The van der Waals surface area contributed by atoms with Crippen molar-refractivity contribution in [3.05, 3.63) is 10.4 Å². The molecular weight excluding hydrogens is 134 g/mol. The average molecular weight is 141 g/mol. The first-order valence-electron chi connectivity index (χ1n) is 3.02. The number of rotatable bonds is 3. The fraction of sp³-hybridized carbons (Fsp3) is 0.800. The number of carbonyl (C=O) groups is 1. The lowest BCUT2D eigenvalue weighted by Gasteiger charge is -1.95. The Balaban J connectivity index is 2.11. The number of nitrogens with zero attached hydrogens (tertiary/aromatic N) is 3. The summed E-state index contributed by atoms with van der Waals surface area (Å²) in [4.78, 5) is 13.1. The molecule has 0 aromatic carbocycles. The molecule has 0 aliphatic heterocycles. The Morgan fingerprint density at radius 2 is 2.50 bits per heavy atom. The molecule has 10 heavy (non-hydrogen) atoms. The van der Waals surface area contributed by atoms with Crippen LogP contribution in [0.4, 0.5) is 0 Å². The van der Waals surface area contributed by atoms with Crippen LogP contribution in [0.25, 0.3) is 10.4 Å². The topological polar surface area (TPSA) is 75.1 Å². The Kier molecular flexibility index (Phi) is 2.12. The van der Waals surface area contributed by atoms with E-state index in [1.165, 1.54) is 0 Å². The number of hydrogen-bond donors (Lipinski definition) is 0. The Morgan fingerprint density at radius 3 is 3.00 bits per heavy atom. The van der Waals surface area contributed by atoms with Gasteiger partial charge in [0, 0.05) is 4.91 Å². The van der Waals surface area contributed by atoms with Gasteiger partial charge in [-0.3, -0.25) is 4.79 Å². The predicted molar refractivity (Wildman–Crippen MR) is 32.8 cm³/mol. The maximum atomic E-state index is 10.7. The molecule has 54 valence electrons. The zero-order chi connectivity index (χ0) is 7.40. The molecule has 0 saturated heterocycles. The van der Waals surface area contributed by atoms with Crippen LogP contribution in [-0.4, -0.2) is 12.7 Å². The molecule has 1 fully saturated rings. The third-order valence-electron chi connectivity index (χ3n) is 1.24. The molecule has 0 N–H and O–H groups in total. The second kappa shape index (κ2) is 3.08. The van der Waals surface area contributed by atoms with Gasteiger partial charge in [-0.25, -0.2) is 0 Å². The highest BCUT2D eigenvalue weighted by molar-refractivity contribution is 5.74. The van der Waals surface area contributed by atoms with E-state index >= 15 is 0 Å². The molecule has 0 atom stereocenters. The van der Waals surface area contributed by atoms with Crippen LogP contribution in [0.2, 0.25) is 0 Å². The second-order valence-electron chi connectivity index (χ2n) is 2.10. The van der Waals surface area contributed by atoms with E-state index in [0.717, 1.165) is 12.8 Å². The number of esters is 1. The van der Waals surface area contributed by atoms with Gasteiger partial charge in [0.2, 0.25) is 0 Å². The summed E-state index contributed by atoms with van der Waals surface area (Å²) in [5, 5.41) is 3.06. The highest BCUT2D eigenvalue weighted by Gasteiger charge is 2.30. The first-order valence-corrected chi connectivity index (χ1v) is 3.02. The molecule has 0 aromatic rings. The Morgan fingerprint density at radius 1 is 1.80 bits per heavy atom. The van der Waals surface area contributed by atoms with Gasteiger partial charge in [-0.2, -0.15) is 0 Å². The van der Waals surface area contributed by atoms with Gasteiger partial charge in [0.05, 0.1) is 5.92 Å². The lowest BCUT2D eigenvalue weighted by molar-refractivity contribution is -0.144. The predicted octanol–water partition coefficient (Wildman–Crippen LogP) is 1.21. The van der Waals surface area contributed by atoms with Crippen molar-refractivity contribution in [3.63, 3.8) is 0 Å². The minimum absolute atomic E-state index is 0.0777. The van der Waals surface area contributed by atoms with Gasteiger partial charge in [-0.05, 0) is 18.4 Å². The molecule has 0 amide bonds. The van der Waals surface area contributed by atoms with Crippen LogP contribution >= 0.6 is 0 Å². The zero-order valence-electron chi connectivity index (χ0n) is 5.36. The van der Waals surface area contributed by atoms with E-state index < -0.39 is 0 Å². The molecule has 5 nitrogen and oxygen atoms in total. The van der Waals surface area contributed by atoms with Crippen molar-refractivity contribution in [1.82, 2.24) is 0 Å². The maximum absolute atomic E-state index is 10.7. The van der Waals surface area contributed by atoms with Gasteiger partial charge in [0.15, 0.2) is 6.73 Å². The van der Waals surface area contributed by atoms with E-state index in [1.807, 2.05) is 0 Å². The monoisotopic (exact) mass is 141 g/mol. The summed E-state index contributed by atoms with van der Waals surface area (Å²) in [6, 6.07) is 0. The number of azide groups is 1. The summed E-state index contributed by atoms with van der Waals surface area (Å²) in [7, 11) is 0. The Hall–Kier alpha value is -1.22. The second-order valence-corrected chi connectivity index (χ2v) is 2.10. The minimum Gasteiger partial charge on any atom is -0.459 e. The smallest absolute Gasteiger partial charge is 0.309 e. The Bertz CT molecular complexity index is 181. The summed E-state index contributed by atoms with van der Waals surface area (Å²) in [5.74, 6) is -0.165. The van der Waals surface area contributed by atoms with Gasteiger partial charge >= 0.3 is 5.97 Å². The lowest BCUT2D eigenvalue weighted by Crippen LogP contribution is -2.05. The quantitative estimate of drug-likeness (QED) is 0.256. The highest BCUT2D eigenvalue weighted by Crippen LogP contribution is 2.29. The largest absolute Gasteiger partial charge is 0.459 e. The average Bonchev–Trinajstić information content (AvgIpc) is 2.69. The number of carbonyl (C=O) groups excluding carboxylic acids is 1. The summed E-state index contributed by atoms with van der Waals surface area (Å²) < 4.78 is 4.55. The van der Waals surface area contributed by atoms with Crippen molar-refractivity contribution in [2.75, 3.05) is 6.73 Å². The van der Waals surface area contributed by atoms with Crippen LogP contribution in [0.1, 0.15) is 12.8 Å². The van der Waals surface area contributed by atoms with E-state index in [2.05, 4.69) is 14.8 Å². The van der Waals surface area contributed by atoms with Gasteiger partial charge in [-0.15, -0.1) is 0 Å². The first kappa shape index (κ1) is 6.89. The van der Waals surface area contributed by atoms with Crippen LogP contribution in [-0.2, 0) is 9.53 Å². The standard InChI is InChI=1S/C5H7N3O2/c6-8-7-3-10-5(9)4-1-2-4/h4H,1-3H2. The molecular formula is C5H7N3O2. The molecule has 1 aliphatic carbocycles. The molecule has 1 rings (SSSR count). The van der Waals surface area contributed by atoms with Gasteiger partial charge < -0.3 is 4.74 Å². The number of hydrogen-bond acceptors (Lipinski definition) is 3. The van der Waals surface area contributed by atoms with Crippen LogP contribution in [0, 0.1) is 5.92 Å². The van der Waals surface area contributed by atoms with Crippen LogP contribution in [0.3, 0.4) is 0 Å². The van der Waals surface area contributed by atoms with Gasteiger partial charge in [0.25, 0.3) is 0 Å². The van der Waals surface area contributed by atoms with E-state index in [-0.39, 0.29) is 18.6 Å². The van der Waals surface area contributed by atoms with E-state index in [9.17, 15) is 4.79 Å². The van der Waals surface area contributed by atoms with Crippen molar-refractivity contribution in [2.45, 2.75) is 12.8 Å². The molecule has 0 spiro atoms. The first-order chi connectivity index (χ1) is 4.84. The highest BCUT2D eigenvalue weighted by atomic mass is 16.5. The van der Waals surface area contributed by atoms with Gasteiger partial charge in [0.1, 0.15) is 0 Å². The molecule has 0 radical (unpaired) electrons. The van der Waals surface area contributed by atoms with Crippen LogP contribution in [0.5, 0.6) is 0 Å². The molecule has 0 unspecified atom stereocenters. The van der Waals surface area contributed by atoms with Crippen LogP contribution in [0.15, 0.2) is 5.11 Å². The molecule has 1 aliphatic rings. The van der Waals surface area contributed by atoms with Crippen molar-refractivity contribution >= 4 is 5.97 Å². The Labute approximate surface area is 57.6 Å². The fourth-order valence-electron chi connectivity index (χ4n) is 0.555. The summed E-state index contributed by atoms with van der Waals surface area (Å²) in [5.41, 5.74) is 7.80.